The summed E-state index contributed by atoms with van der Waals surface area (Å²) in [6.45, 7) is 5.96. The molecule has 0 spiro atoms. The molecule has 1 aliphatic heterocycles. The highest BCUT2D eigenvalue weighted by Crippen LogP contribution is 2.32. The van der Waals surface area contributed by atoms with Crippen LogP contribution in [0.1, 0.15) is 32.9 Å². The number of aryl methyl sites for hydroxylation is 3. The Hall–Kier alpha value is -1.84. The molecule has 1 aliphatic rings. The number of nitriles is 1. The van der Waals surface area contributed by atoms with Crippen molar-refractivity contribution in [3.05, 3.63) is 39.9 Å². The molecule has 0 unspecified atom stereocenters. The van der Waals surface area contributed by atoms with E-state index in [0.29, 0.717) is 22.7 Å². The fraction of sp³-hybridized carbons (Fsp3) is 0.389. The molecule has 0 saturated carbocycles. The minimum Gasteiger partial charge on any atom is -0.332 e. The number of benzene rings is 1. The third-order valence-electron chi connectivity index (χ3n) is 4.20. The minimum absolute atomic E-state index is 0.190. The average Bonchev–Trinajstić information content (AvgIpc) is 3.14. The van der Waals surface area contributed by atoms with Gasteiger partial charge >= 0.3 is 0 Å². The summed E-state index contributed by atoms with van der Waals surface area (Å²) in [5.41, 5.74) is 3.39. The maximum atomic E-state index is 12.7. The van der Waals surface area contributed by atoms with E-state index in [1.807, 2.05) is 6.92 Å². The number of hydrogen-bond donors (Lipinski definition) is 1. The number of thiazole rings is 1. The van der Waals surface area contributed by atoms with E-state index in [9.17, 15) is 10.1 Å². The van der Waals surface area contributed by atoms with Crippen molar-refractivity contribution in [2.45, 2.75) is 32.7 Å². The van der Waals surface area contributed by atoms with Gasteiger partial charge in [-0.05, 0) is 38.5 Å². The standard InChI is InChI=1S/C18H19N3OS2/c1-11-4-5-14(12(2)8-11)17-20-13(3)15(24-17)16(22)21-18(9-19)6-7-23-10-18/h4-5,8H,6-7,10H2,1-3H3,(H,21,22)/t18-/m0/s1. The van der Waals surface area contributed by atoms with Gasteiger partial charge in [-0.15, -0.1) is 11.3 Å². The second-order valence-corrected chi connectivity index (χ2v) is 8.31. The summed E-state index contributed by atoms with van der Waals surface area (Å²) in [7, 11) is 0. The molecule has 1 amide bonds. The first-order valence-corrected chi connectivity index (χ1v) is 9.78. The van der Waals surface area contributed by atoms with E-state index in [2.05, 4.69) is 48.4 Å². The molecule has 4 nitrogen and oxygen atoms in total. The van der Waals surface area contributed by atoms with Crippen molar-refractivity contribution in [3.8, 4) is 16.6 Å². The van der Waals surface area contributed by atoms with Crippen LogP contribution in [-0.4, -0.2) is 27.9 Å². The molecule has 1 aromatic heterocycles. The number of nitrogens with zero attached hydrogens (tertiary/aromatic N) is 2. The number of aromatic nitrogens is 1. The molecule has 1 aromatic carbocycles. The lowest BCUT2D eigenvalue weighted by molar-refractivity contribution is 0.0929. The second-order valence-electron chi connectivity index (χ2n) is 6.20. The van der Waals surface area contributed by atoms with Gasteiger partial charge in [0.25, 0.3) is 5.91 Å². The number of hydrogen-bond acceptors (Lipinski definition) is 5. The molecule has 3 rings (SSSR count). The summed E-state index contributed by atoms with van der Waals surface area (Å²) < 4.78 is 0. The normalized spacial score (nSPS) is 19.9. The number of amides is 1. The lowest BCUT2D eigenvalue weighted by Gasteiger charge is -2.20. The lowest BCUT2D eigenvalue weighted by atomic mass is 10.0. The topological polar surface area (TPSA) is 65.8 Å². The van der Waals surface area contributed by atoms with Crippen molar-refractivity contribution in [3.63, 3.8) is 0 Å². The van der Waals surface area contributed by atoms with Gasteiger partial charge in [0.2, 0.25) is 0 Å². The van der Waals surface area contributed by atoms with Gasteiger partial charge in [0, 0.05) is 11.3 Å². The van der Waals surface area contributed by atoms with Crippen LogP contribution in [0.2, 0.25) is 0 Å². The number of carbonyl (C=O) groups is 1. The summed E-state index contributed by atoms with van der Waals surface area (Å²) in [5.74, 6) is 1.37. The monoisotopic (exact) mass is 357 g/mol. The summed E-state index contributed by atoms with van der Waals surface area (Å²) in [5, 5.41) is 13.2. The third kappa shape index (κ3) is 3.19. The van der Waals surface area contributed by atoms with Gasteiger partial charge in [-0.2, -0.15) is 17.0 Å². The van der Waals surface area contributed by atoms with E-state index in [1.165, 1.54) is 16.9 Å². The Morgan fingerprint density at radius 1 is 1.38 bits per heavy atom. The van der Waals surface area contributed by atoms with Crippen molar-refractivity contribution >= 4 is 29.0 Å². The molecule has 1 atom stereocenters. The van der Waals surface area contributed by atoms with Crippen LogP contribution in [0.4, 0.5) is 0 Å². The summed E-state index contributed by atoms with van der Waals surface area (Å²) in [6.07, 6.45) is 0.696. The van der Waals surface area contributed by atoms with Crippen LogP contribution in [0, 0.1) is 32.1 Å². The fourth-order valence-corrected chi connectivity index (χ4v) is 5.15. The molecule has 6 heteroatoms. The first-order chi connectivity index (χ1) is 11.4. The van der Waals surface area contributed by atoms with Crippen molar-refractivity contribution in [2.24, 2.45) is 0 Å². The quantitative estimate of drug-likeness (QED) is 0.906. The minimum atomic E-state index is -0.738. The Kier molecular flexibility index (Phi) is 4.66. The van der Waals surface area contributed by atoms with Crippen LogP contribution >= 0.6 is 23.1 Å². The van der Waals surface area contributed by atoms with E-state index >= 15 is 0 Å². The number of rotatable bonds is 3. The van der Waals surface area contributed by atoms with Crippen LogP contribution in [0.3, 0.4) is 0 Å². The first kappa shape index (κ1) is 17.0. The maximum Gasteiger partial charge on any atom is 0.264 e. The molecule has 24 heavy (non-hydrogen) atoms. The van der Waals surface area contributed by atoms with Gasteiger partial charge in [0.1, 0.15) is 15.4 Å². The maximum absolute atomic E-state index is 12.7. The predicted octanol–water partition coefficient (Wildman–Crippen LogP) is 3.86. The van der Waals surface area contributed by atoms with E-state index < -0.39 is 5.54 Å². The molecular weight excluding hydrogens is 338 g/mol. The molecule has 124 valence electrons. The van der Waals surface area contributed by atoms with Gasteiger partial charge in [-0.25, -0.2) is 4.98 Å². The number of nitrogens with one attached hydrogen (secondary N) is 1. The Morgan fingerprint density at radius 2 is 2.17 bits per heavy atom. The average molecular weight is 358 g/mol. The summed E-state index contributed by atoms with van der Waals surface area (Å²) >= 11 is 3.10. The van der Waals surface area contributed by atoms with Crippen molar-refractivity contribution in [2.75, 3.05) is 11.5 Å². The van der Waals surface area contributed by atoms with Crippen LogP contribution in [0.25, 0.3) is 10.6 Å². The van der Waals surface area contributed by atoms with Gasteiger partial charge in [0.05, 0.1) is 11.8 Å². The Bertz CT molecular complexity index is 829. The van der Waals surface area contributed by atoms with Gasteiger partial charge < -0.3 is 5.32 Å². The second kappa shape index (κ2) is 6.58. The highest BCUT2D eigenvalue weighted by Gasteiger charge is 2.37. The zero-order chi connectivity index (χ0) is 17.3. The SMILES string of the molecule is Cc1ccc(-c2nc(C)c(C(=O)N[C@]3(C#N)CCSC3)s2)c(C)c1. The third-order valence-corrected chi connectivity index (χ3v) is 6.58. The van der Waals surface area contributed by atoms with E-state index in [-0.39, 0.29) is 5.91 Å². The van der Waals surface area contributed by atoms with Gasteiger partial charge in [0.15, 0.2) is 0 Å². The van der Waals surface area contributed by atoms with Crippen LogP contribution in [0.15, 0.2) is 18.2 Å². The van der Waals surface area contributed by atoms with Crippen molar-refractivity contribution < 1.29 is 4.79 Å². The molecule has 1 saturated heterocycles. The van der Waals surface area contributed by atoms with Crippen molar-refractivity contribution in [1.29, 1.82) is 5.26 Å². The van der Waals surface area contributed by atoms with Crippen LogP contribution in [-0.2, 0) is 0 Å². The Morgan fingerprint density at radius 3 is 2.79 bits per heavy atom. The zero-order valence-electron chi connectivity index (χ0n) is 14.0. The van der Waals surface area contributed by atoms with Crippen LogP contribution < -0.4 is 5.32 Å². The zero-order valence-corrected chi connectivity index (χ0v) is 15.6. The number of thioether (sulfide) groups is 1. The molecule has 1 fully saturated rings. The fourth-order valence-electron chi connectivity index (χ4n) is 2.83. The first-order valence-electron chi connectivity index (χ1n) is 7.81. The Labute approximate surface area is 150 Å². The van der Waals surface area contributed by atoms with Gasteiger partial charge in [-0.1, -0.05) is 23.8 Å². The van der Waals surface area contributed by atoms with E-state index in [0.717, 1.165) is 21.9 Å². The lowest BCUT2D eigenvalue weighted by Crippen LogP contribution is -2.47. The number of carbonyl (C=O) groups excluding carboxylic acids is 1. The molecule has 0 aliphatic carbocycles. The molecule has 2 aromatic rings. The van der Waals surface area contributed by atoms with Crippen LogP contribution in [0.5, 0.6) is 0 Å². The Balaban J connectivity index is 1.89. The molecule has 2 heterocycles. The molecule has 0 radical (unpaired) electrons. The molecule has 1 N–H and O–H groups in total. The van der Waals surface area contributed by atoms with E-state index in [4.69, 9.17) is 0 Å². The summed E-state index contributed by atoms with van der Waals surface area (Å²) in [4.78, 5) is 17.8. The smallest absolute Gasteiger partial charge is 0.264 e. The molecular formula is C18H19N3OS2. The highest BCUT2D eigenvalue weighted by atomic mass is 32.2. The van der Waals surface area contributed by atoms with E-state index in [1.54, 1.807) is 11.8 Å². The van der Waals surface area contributed by atoms with Gasteiger partial charge in [-0.3, -0.25) is 4.79 Å². The highest BCUT2D eigenvalue weighted by molar-refractivity contribution is 7.99. The largest absolute Gasteiger partial charge is 0.332 e. The van der Waals surface area contributed by atoms with Crippen molar-refractivity contribution in [1.82, 2.24) is 10.3 Å². The summed E-state index contributed by atoms with van der Waals surface area (Å²) in [6, 6.07) is 8.51. The molecule has 0 bridgehead atoms. The predicted molar refractivity (Wildman–Crippen MR) is 99.5 cm³/mol.